The van der Waals surface area contributed by atoms with Gasteiger partial charge in [0.1, 0.15) is 0 Å². The van der Waals surface area contributed by atoms with Crippen molar-refractivity contribution in [3.63, 3.8) is 0 Å². The minimum absolute atomic E-state index is 1.12. The van der Waals surface area contributed by atoms with Crippen molar-refractivity contribution >= 4 is 12.2 Å². The molecule has 0 heteroatoms. The molecule has 3 rings (SSSR count). The van der Waals surface area contributed by atoms with E-state index in [0.29, 0.717) is 0 Å². The molecule has 0 amide bonds. The minimum Gasteiger partial charge on any atom is -0.0839 e. The summed E-state index contributed by atoms with van der Waals surface area (Å²) >= 11 is 0. The van der Waals surface area contributed by atoms with E-state index in [1.165, 1.54) is 59.1 Å². The number of fused-ring (bicyclic) bond motifs is 4. The summed E-state index contributed by atoms with van der Waals surface area (Å²) in [4.78, 5) is 0. The standard InChI is InChI=1S/C26H32/c1-3-5-7-15-25-21-11-9-12-22(25)18-20-24-14-10-13-23(19-17-21)26(24)16-8-6-4-2/h7-16H,3-6,17-20H2,1-2H3/b15-7+,16-8+. The number of unbranched alkanes of at least 4 members (excludes halogenated alkanes) is 2. The molecule has 0 N–H and O–H groups in total. The Morgan fingerprint density at radius 1 is 0.615 bits per heavy atom. The number of aryl methyl sites for hydroxylation is 4. The average Bonchev–Trinajstić information content (AvgIpc) is 2.66. The Balaban J connectivity index is 1.95. The van der Waals surface area contributed by atoms with Gasteiger partial charge in [-0.1, -0.05) is 87.4 Å². The lowest BCUT2D eigenvalue weighted by molar-refractivity contribution is 0.894. The summed E-state index contributed by atoms with van der Waals surface area (Å²) in [6.45, 7) is 4.49. The largest absolute Gasteiger partial charge is 0.0839 e. The molecule has 0 unspecified atom stereocenters. The molecule has 2 aromatic rings. The molecular formula is C26H32. The summed E-state index contributed by atoms with van der Waals surface area (Å²) < 4.78 is 0. The lowest BCUT2D eigenvalue weighted by Gasteiger charge is -2.18. The van der Waals surface area contributed by atoms with Crippen molar-refractivity contribution in [1.29, 1.82) is 0 Å². The van der Waals surface area contributed by atoms with E-state index in [1.807, 2.05) is 0 Å². The summed E-state index contributed by atoms with van der Waals surface area (Å²) in [6, 6.07) is 13.8. The zero-order chi connectivity index (χ0) is 18.2. The molecule has 0 aromatic heterocycles. The van der Waals surface area contributed by atoms with E-state index < -0.39 is 0 Å². The van der Waals surface area contributed by atoms with Crippen molar-refractivity contribution in [2.45, 2.75) is 65.2 Å². The van der Waals surface area contributed by atoms with Crippen LogP contribution in [0.1, 0.15) is 72.9 Å². The summed E-state index contributed by atoms with van der Waals surface area (Å²) in [5.74, 6) is 0. The molecule has 0 saturated carbocycles. The number of rotatable bonds is 6. The highest BCUT2D eigenvalue weighted by molar-refractivity contribution is 5.61. The van der Waals surface area contributed by atoms with Gasteiger partial charge < -0.3 is 0 Å². The van der Waals surface area contributed by atoms with Gasteiger partial charge in [0, 0.05) is 0 Å². The molecule has 26 heavy (non-hydrogen) atoms. The predicted molar refractivity (Wildman–Crippen MR) is 116 cm³/mol. The van der Waals surface area contributed by atoms with Crippen LogP contribution >= 0.6 is 0 Å². The van der Waals surface area contributed by atoms with Crippen LogP contribution in [0.4, 0.5) is 0 Å². The lowest BCUT2D eigenvalue weighted by atomic mass is 9.87. The molecule has 0 nitrogen and oxygen atoms in total. The van der Waals surface area contributed by atoms with Crippen LogP contribution in [-0.2, 0) is 25.7 Å². The Labute approximate surface area is 159 Å². The zero-order valence-corrected chi connectivity index (χ0v) is 16.4. The van der Waals surface area contributed by atoms with E-state index in [9.17, 15) is 0 Å². The van der Waals surface area contributed by atoms with Gasteiger partial charge in [-0.05, 0) is 71.9 Å². The second-order valence-corrected chi connectivity index (χ2v) is 7.36. The second-order valence-electron chi connectivity index (χ2n) is 7.36. The molecule has 4 bridgehead atoms. The third kappa shape index (κ3) is 4.55. The first-order valence-corrected chi connectivity index (χ1v) is 10.4. The van der Waals surface area contributed by atoms with E-state index in [0.717, 1.165) is 25.7 Å². The Kier molecular flexibility index (Phi) is 6.89. The van der Waals surface area contributed by atoms with Crippen molar-refractivity contribution in [3.05, 3.63) is 81.9 Å². The summed E-state index contributed by atoms with van der Waals surface area (Å²) in [5.41, 5.74) is 8.98. The highest BCUT2D eigenvalue weighted by Crippen LogP contribution is 2.27. The molecule has 2 aromatic carbocycles. The highest BCUT2D eigenvalue weighted by atomic mass is 14.2. The Bertz CT molecular complexity index is 665. The Morgan fingerprint density at radius 2 is 0.962 bits per heavy atom. The van der Waals surface area contributed by atoms with Crippen LogP contribution in [-0.4, -0.2) is 0 Å². The van der Waals surface area contributed by atoms with Crippen LogP contribution in [0.5, 0.6) is 0 Å². The topological polar surface area (TPSA) is 0 Å². The van der Waals surface area contributed by atoms with Crippen molar-refractivity contribution in [2.24, 2.45) is 0 Å². The molecule has 0 saturated heterocycles. The maximum absolute atomic E-state index is 2.38. The minimum atomic E-state index is 1.12. The van der Waals surface area contributed by atoms with Gasteiger partial charge in [-0.3, -0.25) is 0 Å². The Morgan fingerprint density at radius 3 is 1.27 bits per heavy atom. The SMILES string of the molecule is CCC/C=C/c1c2cccc1CCc1cccc(c1/C=C/CCC)CC2. The Hall–Kier alpha value is -2.08. The van der Waals surface area contributed by atoms with E-state index in [-0.39, 0.29) is 0 Å². The van der Waals surface area contributed by atoms with Gasteiger partial charge in [0.15, 0.2) is 0 Å². The van der Waals surface area contributed by atoms with Crippen molar-refractivity contribution < 1.29 is 0 Å². The van der Waals surface area contributed by atoms with Gasteiger partial charge in [0.05, 0.1) is 0 Å². The second kappa shape index (κ2) is 9.57. The first kappa shape index (κ1) is 18.7. The third-order valence-electron chi connectivity index (χ3n) is 5.38. The van der Waals surface area contributed by atoms with E-state index in [2.05, 4.69) is 74.5 Å². The first-order chi connectivity index (χ1) is 12.8. The molecule has 1 aliphatic carbocycles. The molecule has 0 aliphatic heterocycles. The molecule has 0 radical (unpaired) electrons. The average molecular weight is 345 g/mol. The number of hydrogen-bond donors (Lipinski definition) is 0. The van der Waals surface area contributed by atoms with Crippen molar-refractivity contribution in [3.8, 4) is 0 Å². The predicted octanol–water partition coefficient (Wildman–Crippen LogP) is 7.20. The molecule has 0 atom stereocenters. The summed E-state index contributed by atoms with van der Waals surface area (Å²) in [5, 5.41) is 0. The molecule has 0 fully saturated rings. The summed E-state index contributed by atoms with van der Waals surface area (Å²) in [7, 11) is 0. The molecule has 136 valence electrons. The zero-order valence-electron chi connectivity index (χ0n) is 16.4. The van der Waals surface area contributed by atoms with Gasteiger partial charge in [0.2, 0.25) is 0 Å². The maximum Gasteiger partial charge on any atom is -0.0195 e. The van der Waals surface area contributed by atoms with E-state index in [1.54, 1.807) is 0 Å². The quantitative estimate of drug-likeness (QED) is 0.520. The van der Waals surface area contributed by atoms with Gasteiger partial charge in [-0.25, -0.2) is 0 Å². The maximum atomic E-state index is 2.38. The van der Waals surface area contributed by atoms with E-state index >= 15 is 0 Å². The summed E-state index contributed by atoms with van der Waals surface area (Å²) in [6.07, 6.45) is 18.7. The monoisotopic (exact) mass is 344 g/mol. The number of allylic oxidation sites excluding steroid dienone is 2. The van der Waals surface area contributed by atoms with Crippen LogP contribution < -0.4 is 0 Å². The van der Waals surface area contributed by atoms with Crippen LogP contribution in [0.15, 0.2) is 48.6 Å². The van der Waals surface area contributed by atoms with Crippen LogP contribution in [0.2, 0.25) is 0 Å². The van der Waals surface area contributed by atoms with Gasteiger partial charge in [-0.2, -0.15) is 0 Å². The molecule has 1 aliphatic rings. The first-order valence-electron chi connectivity index (χ1n) is 10.4. The van der Waals surface area contributed by atoms with Crippen molar-refractivity contribution in [1.82, 2.24) is 0 Å². The lowest BCUT2D eigenvalue weighted by Crippen LogP contribution is -2.06. The normalized spacial score (nSPS) is 14.2. The van der Waals surface area contributed by atoms with Crippen molar-refractivity contribution in [2.75, 3.05) is 0 Å². The highest BCUT2D eigenvalue weighted by Gasteiger charge is 2.13. The van der Waals surface area contributed by atoms with Gasteiger partial charge in [0.25, 0.3) is 0 Å². The third-order valence-corrected chi connectivity index (χ3v) is 5.38. The molecular weight excluding hydrogens is 312 g/mol. The van der Waals surface area contributed by atoms with Gasteiger partial charge >= 0.3 is 0 Å². The molecule has 0 spiro atoms. The fourth-order valence-electron chi connectivity index (χ4n) is 3.91. The fourth-order valence-corrected chi connectivity index (χ4v) is 3.91. The van der Waals surface area contributed by atoms with Crippen LogP contribution in [0.25, 0.3) is 12.2 Å². The van der Waals surface area contributed by atoms with Crippen LogP contribution in [0, 0.1) is 0 Å². The fraction of sp³-hybridized carbons (Fsp3) is 0.385. The smallest absolute Gasteiger partial charge is 0.0195 e. The number of benzene rings is 2. The number of hydrogen-bond acceptors (Lipinski definition) is 0. The van der Waals surface area contributed by atoms with Crippen LogP contribution in [0.3, 0.4) is 0 Å². The van der Waals surface area contributed by atoms with E-state index in [4.69, 9.17) is 0 Å². The molecule has 0 heterocycles. The van der Waals surface area contributed by atoms with Gasteiger partial charge in [-0.15, -0.1) is 0 Å².